The summed E-state index contributed by atoms with van der Waals surface area (Å²) in [4.78, 5) is 31.9. The van der Waals surface area contributed by atoms with Gasteiger partial charge in [0.2, 0.25) is 0 Å². The largest absolute Gasteiger partial charge is 0.469 e. The van der Waals surface area contributed by atoms with Crippen LogP contribution in [0.5, 0.6) is 0 Å². The van der Waals surface area contributed by atoms with Gasteiger partial charge in [0.1, 0.15) is 5.69 Å². The minimum absolute atomic E-state index is 0.0389. The molecule has 1 saturated carbocycles. The van der Waals surface area contributed by atoms with Crippen molar-refractivity contribution in [1.29, 1.82) is 0 Å². The molecule has 0 atom stereocenters. The number of carbonyl (C=O) groups excluding carboxylic acids is 2. The Hall–Kier alpha value is -2.35. The van der Waals surface area contributed by atoms with Gasteiger partial charge in [-0.25, -0.2) is 4.98 Å². The van der Waals surface area contributed by atoms with Crippen molar-refractivity contribution in [3.63, 3.8) is 0 Å². The molecule has 1 aliphatic carbocycles. The minimum Gasteiger partial charge on any atom is -0.469 e. The van der Waals surface area contributed by atoms with Crippen molar-refractivity contribution in [3.05, 3.63) is 34.6 Å². The Morgan fingerprint density at radius 1 is 1.19 bits per heavy atom. The summed E-state index contributed by atoms with van der Waals surface area (Å²) in [5.74, 6) is -0.231. The van der Waals surface area contributed by atoms with Crippen LogP contribution in [0.3, 0.4) is 0 Å². The summed E-state index contributed by atoms with van der Waals surface area (Å²) in [6, 6.07) is 2.04. The van der Waals surface area contributed by atoms with Gasteiger partial charge >= 0.3 is 5.97 Å². The zero-order chi connectivity index (χ0) is 21.8. The summed E-state index contributed by atoms with van der Waals surface area (Å²) in [5, 5.41) is 6.37. The monoisotopic (exact) mass is 444 g/mol. The Balaban J connectivity index is 1.38. The number of ether oxygens (including phenoxy) is 1. The predicted molar refractivity (Wildman–Crippen MR) is 122 cm³/mol. The van der Waals surface area contributed by atoms with Crippen LogP contribution in [0.15, 0.2) is 17.6 Å². The number of nitrogens with zero attached hydrogens (tertiary/aromatic N) is 3. The molecule has 0 unspecified atom stereocenters. The lowest BCUT2D eigenvalue weighted by Crippen LogP contribution is -2.39. The predicted octanol–water partition coefficient (Wildman–Crippen LogP) is 3.75. The van der Waals surface area contributed by atoms with Crippen LogP contribution in [0.2, 0.25) is 0 Å². The van der Waals surface area contributed by atoms with Crippen LogP contribution in [0.4, 0.5) is 5.13 Å². The molecule has 2 aromatic heterocycles. The van der Waals surface area contributed by atoms with E-state index in [9.17, 15) is 9.59 Å². The van der Waals surface area contributed by atoms with Gasteiger partial charge < -0.3 is 19.5 Å². The zero-order valence-electron chi connectivity index (χ0n) is 18.4. The molecule has 0 radical (unpaired) electrons. The van der Waals surface area contributed by atoms with Crippen LogP contribution in [0, 0.1) is 12.8 Å². The van der Waals surface area contributed by atoms with Crippen LogP contribution >= 0.6 is 11.3 Å². The molecule has 1 amide bonds. The number of carbonyl (C=O) groups is 2. The highest BCUT2D eigenvalue weighted by Gasteiger charge is 2.28. The maximum Gasteiger partial charge on any atom is 0.308 e. The van der Waals surface area contributed by atoms with Crippen molar-refractivity contribution in [2.45, 2.75) is 64.5 Å². The summed E-state index contributed by atoms with van der Waals surface area (Å²) in [6.07, 6.45) is 8.91. The normalized spacial score (nSPS) is 21.7. The molecular weight excluding hydrogens is 412 g/mol. The molecule has 31 heavy (non-hydrogen) atoms. The van der Waals surface area contributed by atoms with E-state index in [0.29, 0.717) is 12.2 Å². The Labute approximate surface area is 187 Å². The fraction of sp³-hybridized carbons (Fsp3) is 0.609. The summed E-state index contributed by atoms with van der Waals surface area (Å²) < 4.78 is 6.85. The number of hydrogen-bond acceptors (Lipinski definition) is 6. The lowest BCUT2D eigenvalue weighted by atomic mass is 9.86. The van der Waals surface area contributed by atoms with Crippen molar-refractivity contribution in [2.24, 2.45) is 5.92 Å². The number of piperidine rings is 1. The Morgan fingerprint density at radius 3 is 2.65 bits per heavy atom. The molecule has 0 aromatic carbocycles. The first-order chi connectivity index (χ1) is 15.0. The Kier molecular flexibility index (Phi) is 6.95. The number of methoxy groups -OCH3 is 1. The number of thiazole rings is 1. The van der Waals surface area contributed by atoms with E-state index >= 15 is 0 Å². The summed E-state index contributed by atoms with van der Waals surface area (Å²) in [6.45, 7) is 4.77. The molecule has 7 nitrogen and oxygen atoms in total. The highest BCUT2D eigenvalue weighted by Crippen LogP contribution is 2.27. The molecule has 0 bridgehead atoms. The molecule has 1 aliphatic heterocycles. The van der Waals surface area contributed by atoms with E-state index in [4.69, 9.17) is 9.72 Å². The maximum absolute atomic E-state index is 13.0. The Bertz CT molecular complexity index is 908. The maximum atomic E-state index is 13.0. The summed E-state index contributed by atoms with van der Waals surface area (Å²) >= 11 is 1.69. The van der Waals surface area contributed by atoms with Crippen molar-refractivity contribution >= 4 is 28.3 Å². The van der Waals surface area contributed by atoms with E-state index in [1.54, 1.807) is 11.3 Å². The molecular formula is C23H32N4O3S. The third kappa shape index (κ3) is 5.29. The average Bonchev–Trinajstić information content (AvgIpc) is 3.41. The SMILES string of the molecule is COC(=O)C1CCC(NC(=O)c2cc(C)cn2Cc2csc(N3CCCCC3)n2)CC1. The zero-order valence-corrected chi connectivity index (χ0v) is 19.2. The van der Waals surface area contributed by atoms with Gasteiger partial charge in [-0.1, -0.05) is 0 Å². The number of amides is 1. The van der Waals surface area contributed by atoms with E-state index in [2.05, 4.69) is 15.6 Å². The van der Waals surface area contributed by atoms with Crippen molar-refractivity contribution < 1.29 is 14.3 Å². The quantitative estimate of drug-likeness (QED) is 0.687. The van der Waals surface area contributed by atoms with E-state index in [1.165, 1.54) is 26.4 Å². The second-order valence-corrected chi connectivity index (χ2v) is 9.58. The highest BCUT2D eigenvalue weighted by atomic mass is 32.1. The second-order valence-electron chi connectivity index (χ2n) is 8.74. The van der Waals surface area contributed by atoms with Gasteiger partial charge in [-0.2, -0.15) is 0 Å². The number of esters is 1. The van der Waals surface area contributed by atoms with Crippen LogP contribution in [-0.2, 0) is 16.1 Å². The summed E-state index contributed by atoms with van der Waals surface area (Å²) in [5.41, 5.74) is 2.72. The molecule has 2 fully saturated rings. The van der Waals surface area contributed by atoms with Gasteiger partial charge in [-0.3, -0.25) is 9.59 Å². The first-order valence-corrected chi connectivity index (χ1v) is 12.2. The van der Waals surface area contributed by atoms with E-state index in [-0.39, 0.29) is 23.8 Å². The van der Waals surface area contributed by atoms with Crippen LogP contribution in [-0.4, -0.2) is 47.7 Å². The van der Waals surface area contributed by atoms with Gasteiger partial charge in [-0.05, 0) is 63.5 Å². The standard InChI is InChI=1S/C23H32N4O3S/c1-16-12-20(21(28)24-18-8-6-17(7-9-18)22(29)30-2)27(13-16)14-19-15-31-23(25-19)26-10-4-3-5-11-26/h12-13,15,17-18H,3-11,14H2,1-2H3,(H,24,28). The van der Waals surface area contributed by atoms with Crippen LogP contribution in [0.1, 0.15) is 66.7 Å². The number of hydrogen-bond donors (Lipinski definition) is 1. The van der Waals surface area contributed by atoms with Crippen molar-refractivity contribution in [2.75, 3.05) is 25.1 Å². The molecule has 4 rings (SSSR count). The fourth-order valence-electron chi connectivity index (χ4n) is 4.65. The van der Waals surface area contributed by atoms with E-state index < -0.39 is 0 Å². The highest BCUT2D eigenvalue weighted by molar-refractivity contribution is 7.13. The average molecular weight is 445 g/mol. The Morgan fingerprint density at radius 2 is 1.94 bits per heavy atom. The molecule has 0 spiro atoms. The molecule has 8 heteroatoms. The fourth-order valence-corrected chi connectivity index (χ4v) is 5.52. The van der Waals surface area contributed by atoms with E-state index in [1.807, 2.05) is 23.8 Å². The topological polar surface area (TPSA) is 76.5 Å². The first kappa shape index (κ1) is 21.9. The van der Waals surface area contributed by atoms with Crippen molar-refractivity contribution in [1.82, 2.24) is 14.9 Å². The lowest BCUT2D eigenvalue weighted by molar-refractivity contribution is -0.146. The van der Waals surface area contributed by atoms with Crippen molar-refractivity contribution in [3.8, 4) is 0 Å². The number of anilines is 1. The third-order valence-electron chi connectivity index (χ3n) is 6.36. The van der Waals surface area contributed by atoms with Crippen LogP contribution < -0.4 is 10.2 Å². The van der Waals surface area contributed by atoms with E-state index in [0.717, 1.165) is 55.2 Å². The summed E-state index contributed by atoms with van der Waals surface area (Å²) in [7, 11) is 1.44. The third-order valence-corrected chi connectivity index (χ3v) is 7.31. The lowest BCUT2D eigenvalue weighted by Gasteiger charge is -2.27. The molecule has 1 saturated heterocycles. The number of aromatic nitrogens is 2. The number of nitrogens with one attached hydrogen (secondary N) is 1. The van der Waals surface area contributed by atoms with Gasteiger partial charge in [-0.15, -0.1) is 11.3 Å². The van der Waals surface area contributed by atoms with Gasteiger partial charge in [0, 0.05) is 30.7 Å². The number of aryl methyl sites for hydroxylation is 1. The van der Waals surface area contributed by atoms with Gasteiger partial charge in [0.25, 0.3) is 5.91 Å². The second kappa shape index (κ2) is 9.85. The molecule has 168 valence electrons. The van der Waals surface area contributed by atoms with Gasteiger partial charge in [0.05, 0.1) is 25.3 Å². The number of rotatable bonds is 6. The van der Waals surface area contributed by atoms with Gasteiger partial charge in [0.15, 0.2) is 5.13 Å². The smallest absolute Gasteiger partial charge is 0.308 e. The molecule has 2 aliphatic rings. The minimum atomic E-state index is -0.138. The first-order valence-electron chi connectivity index (χ1n) is 11.3. The van der Waals surface area contributed by atoms with Crippen LogP contribution in [0.25, 0.3) is 0 Å². The molecule has 2 aromatic rings. The molecule has 1 N–H and O–H groups in total. The molecule has 3 heterocycles.